The summed E-state index contributed by atoms with van der Waals surface area (Å²) < 4.78 is 1.10. The molecule has 1 N–H and O–H groups in total. The van der Waals surface area contributed by atoms with Gasteiger partial charge in [0.05, 0.1) is 6.10 Å². The van der Waals surface area contributed by atoms with Gasteiger partial charge in [0.15, 0.2) is 0 Å². The monoisotopic (exact) mass is 254 g/mol. The van der Waals surface area contributed by atoms with Gasteiger partial charge >= 0.3 is 0 Å². The molecule has 0 bridgehead atoms. The Hall–Kier alpha value is -0.600. The molecular formula is C12H15BrO. The Morgan fingerprint density at radius 3 is 2.64 bits per heavy atom. The number of benzene rings is 1. The van der Waals surface area contributed by atoms with Gasteiger partial charge in [-0.25, -0.2) is 0 Å². The van der Waals surface area contributed by atoms with Crippen molar-refractivity contribution in [1.29, 1.82) is 0 Å². The van der Waals surface area contributed by atoms with Crippen LogP contribution in [0.3, 0.4) is 0 Å². The lowest BCUT2D eigenvalue weighted by Crippen LogP contribution is -2.00. The molecular weight excluding hydrogens is 240 g/mol. The Labute approximate surface area is 93.6 Å². The number of halogens is 1. The third-order valence-electron chi connectivity index (χ3n) is 2.25. The lowest BCUT2D eigenvalue weighted by Gasteiger charge is -2.05. The largest absolute Gasteiger partial charge is 0.389 e. The molecule has 0 aromatic heterocycles. The van der Waals surface area contributed by atoms with Crippen LogP contribution in [0.25, 0.3) is 6.08 Å². The predicted molar refractivity (Wildman–Crippen MR) is 64.2 cm³/mol. The molecule has 0 heterocycles. The second-order valence-electron chi connectivity index (χ2n) is 3.57. The zero-order chi connectivity index (χ0) is 10.7. The van der Waals surface area contributed by atoms with E-state index in [4.69, 9.17) is 0 Å². The Morgan fingerprint density at radius 2 is 2.14 bits per heavy atom. The fourth-order valence-corrected chi connectivity index (χ4v) is 1.48. The van der Waals surface area contributed by atoms with E-state index >= 15 is 0 Å². The zero-order valence-electron chi connectivity index (χ0n) is 8.71. The number of hydrogen-bond acceptors (Lipinski definition) is 1. The molecule has 14 heavy (non-hydrogen) atoms. The molecule has 1 rings (SSSR count). The lowest BCUT2D eigenvalue weighted by molar-refractivity contribution is 0.232. The van der Waals surface area contributed by atoms with Crippen LogP contribution in [0, 0.1) is 6.92 Å². The van der Waals surface area contributed by atoms with Crippen molar-refractivity contribution in [3.8, 4) is 0 Å². The zero-order valence-corrected chi connectivity index (χ0v) is 10.3. The van der Waals surface area contributed by atoms with Gasteiger partial charge in [0, 0.05) is 4.47 Å². The van der Waals surface area contributed by atoms with E-state index < -0.39 is 0 Å². The first-order valence-corrected chi connectivity index (χ1v) is 5.42. The maximum absolute atomic E-state index is 9.33. The van der Waals surface area contributed by atoms with Crippen LogP contribution in [0.1, 0.15) is 25.0 Å². The van der Waals surface area contributed by atoms with Gasteiger partial charge in [0.25, 0.3) is 0 Å². The lowest BCUT2D eigenvalue weighted by atomic mass is 10.1. The van der Waals surface area contributed by atoms with E-state index in [1.54, 1.807) is 6.92 Å². The van der Waals surface area contributed by atoms with Gasteiger partial charge in [0.1, 0.15) is 0 Å². The van der Waals surface area contributed by atoms with E-state index in [0.29, 0.717) is 0 Å². The maximum atomic E-state index is 9.33. The van der Waals surface area contributed by atoms with Gasteiger partial charge in [-0.05, 0) is 43.5 Å². The van der Waals surface area contributed by atoms with Crippen LogP contribution in [0.2, 0.25) is 0 Å². The van der Waals surface area contributed by atoms with Crippen molar-refractivity contribution in [2.24, 2.45) is 0 Å². The van der Waals surface area contributed by atoms with Crippen molar-refractivity contribution in [2.75, 3.05) is 0 Å². The van der Waals surface area contributed by atoms with Crippen LogP contribution >= 0.6 is 15.9 Å². The van der Waals surface area contributed by atoms with Crippen LogP contribution in [-0.2, 0) is 0 Å². The van der Waals surface area contributed by atoms with E-state index in [0.717, 1.165) is 15.6 Å². The molecule has 2 heteroatoms. The summed E-state index contributed by atoms with van der Waals surface area (Å²) in [5, 5.41) is 9.33. The van der Waals surface area contributed by atoms with Crippen molar-refractivity contribution in [3.63, 3.8) is 0 Å². The third kappa shape index (κ3) is 2.96. The van der Waals surface area contributed by atoms with Crippen LogP contribution < -0.4 is 0 Å². The SMILES string of the molecule is C/C(=C\c1ccc(C)c(Br)c1)C(C)O. The van der Waals surface area contributed by atoms with E-state index in [-0.39, 0.29) is 6.10 Å². The van der Waals surface area contributed by atoms with Crippen molar-refractivity contribution < 1.29 is 5.11 Å². The third-order valence-corrected chi connectivity index (χ3v) is 3.10. The van der Waals surface area contributed by atoms with Gasteiger partial charge in [0.2, 0.25) is 0 Å². The van der Waals surface area contributed by atoms with Crippen molar-refractivity contribution in [1.82, 2.24) is 0 Å². The Balaban J connectivity index is 2.98. The molecule has 0 aliphatic rings. The number of hydrogen-bond donors (Lipinski definition) is 1. The minimum atomic E-state index is -0.380. The van der Waals surface area contributed by atoms with Crippen LogP contribution in [-0.4, -0.2) is 11.2 Å². The van der Waals surface area contributed by atoms with Crippen molar-refractivity contribution in [2.45, 2.75) is 26.9 Å². The average molecular weight is 255 g/mol. The quantitative estimate of drug-likeness (QED) is 0.856. The fraction of sp³-hybridized carbons (Fsp3) is 0.333. The normalized spacial score (nSPS) is 14.2. The van der Waals surface area contributed by atoms with E-state index in [9.17, 15) is 5.11 Å². The summed E-state index contributed by atoms with van der Waals surface area (Å²) in [6.07, 6.45) is 1.62. The van der Waals surface area contributed by atoms with Gasteiger partial charge in [-0.1, -0.05) is 34.1 Å². The predicted octanol–water partition coefficient (Wildman–Crippen LogP) is 3.54. The fourth-order valence-electron chi connectivity index (χ4n) is 1.08. The standard InChI is InChI=1S/C12H15BrO/c1-8-4-5-11(7-12(8)13)6-9(2)10(3)14/h4-7,10,14H,1-3H3/b9-6+. The second kappa shape index (κ2) is 4.76. The summed E-state index contributed by atoms with van der Waals surface area (Å²) in [6.45, 7) is 5.76. The van der Waals surface area contributed by atoms with Crippen molar-refractivity contribution in [3.05, 3.63) is 39.4 Å². The summed E-state index contributed by atoms with van der Waals surface area (Å²) in [5.41, 5.74) is 3.30. The Kier molecular flexibility index (Phi) is 3.90. The summed E-state index contributed by atoms with van der Waals surface area (Å²) in [4.78, 5) is 0. The molecule has 0 aliphatic heterocycles. The molecule has 76 valence electrons. The average Bonchev–Trinajstić information content (AvgIpc) is 2.11. The van der Waals surface area contributed by atoms with Crippen molar-refractivity contribution >= 4 is 22.0 Å². The number of aryl methyl sites for hydroxylation is 1. The first-order valence-electron chi connectivity index (χ1n) is 4.63. The first-order chi connectivity index (χ1) is 6.50. The van der Waals surface area contributed by atoms with Gasteiger partial charge in [-0.2, -0.15) is 0 Å². The Bertz CT molecular complexity index is 353. The number of aliphatic hydroxyl groups excluding tert-OH is 1. The summed E-state index contributed by atoms with van der Waals surface area (Å²) in [6, 6.07) is 6.17. The molecule has 0 saturated heterocycles. The molecule has 0 fully saturated rings. The molecule has 1 nitrogen and oxygen atoms in total. The molecule has 1 atom stereocenters. The van der Waals surface area contributed by atoms with Crippen LogP contribution in [0.4, 0.5) is 0 Å². The molecule has 0 radical (unpaired) electrons. The molecule has 1 aromatic rings. The first kappa shape index (κ1) is 11.5. The summed E-state index contributed by atoms with van der Waals surface area (Å²) >= 11 is 3.48. The second-order valence-corrected chi connectivity index (χ2v) is 4.43. The number of rotatable bonds is 2. The highest BCUT2D eigenvalue weighted by atomic mass is 79.9. The topological polar surface area (TPSA) is 20.2 Å². The smallest absolute Gasteiger partial charge is 0.0722 e. The summed E-state index contributed by atoms with van der Waals surface area (Å²) in [7, 11) is 0. The minimum absolute atomic E-state index is 0.380. The van der Waals surface area contributed by atoms with Crippen LogP contribution in [0.5, 0.6) is 0 Å². The maximum Gasteiger partial charge on any atom is 0.0722 e. The van der Waals surface area contributed by atoms with Gasteiger partial charge in [-0.3, -0.25) is 0 Å². The highest BCUT2D eigenvalue weighted by Gasteiger charge is 1.99. The highest BCUT2D eigenvalue weighted by Crippen LogP contribution is 2.19. The molecule has 0 spiro atoms. The van der Waals surface area contributed by atoms with E-state index in [1.807, 2.05) is 19.1 Å². The minimum Gasteiger partial charge on any atom is -0.389 e. The highest BCUT2D eigenvalue weighted by molar-refractivity contribution is 9.10. The van der Waals surface area contributed by atoms with Gasteiger partial charge in [-0.15, -0.1) is 0 Å². The molecule has 0 saturated carbocycles. The summed E-state index contributed by atoms with van der Waals surface area (Å²) in [5.74, 6) is 0. The van der Waals surface area contributed by atoms with Crippen LogP contribution in [0.15, 0.2) is 28.2 Å². The Morgan fingerprint density at radius 1 is 1.50 bits per heavy atom. The molecule has 1 aromatic carbocycles. The van der Waals surface area contributed by atoms with E-state index in [1.165, 1.54) is 5.56 Å². The molecule has 0 aliphatic carbocycles. The molecule has 1 unspecified atom stereocenters. The molecule has 0 amide bonds. The van der Waals surface area contributed by atoms with Gasteiger partial charge < -0.3 is 5.11 Å². The van der Waals surface area contributed by atoms with E-state index in [2.05, 4.69) is 35.0 Å². The number of aliphatic hydroxyl groups is 1.